The molecule has 2 N–H and O–H groups in total. The van der Waals surface area contributed by atoms with E-state index in [1.54, 1.807) is 0 Å². The zero-order chi connectivity index (χ0) is 15.7. The number of likely N-dealkylation sites (tertiary alicyclic amines) is 1. The maximum Gasteiger partial charge on any atom is 0.313 e. The molecule has 0 aromatic carbocycles. The first-order chi connectivity index (χ1) is 10.5. The zero-order valence-corrected chi connectivity index (χ0v) is 13.1. The highest BCUT2D eigenvalue weighted by Crippen LogP contribution is 2.45. The van der Waals surface area contributed by atoms with Crippen molar-refractivity contribution < 1.29 is 15.0 Å². The van der Waals surface area contributed by atoms with E-state index in [1.165, 1.54) is 0 Å². The Kier molecular flexibility index (Phi) is 4.23. The van der Waals surface area contributed by atoms with Gasteiger partial charge in [-0.3, -0.25) is 14.4 Å². The van der Waals surface area contributed by atoms with Crippen molar-refractivity contribution in [3.05, 3.63) is 18.0 Å². The van der Waals surface area contributed by atoms with Crippen LogP contribution in [-0.4, -0.2) is 50.1 Å². The lowest BCUT2D eigenvalue weighted by Crippen LogP contribution is -2.55. The SMILES string of the molecule is CCn1cc(CN2CC[C@@H](O)[C@](CC3CC3)(C(=O)O)C2)cn1. The molecule has 2 aliphatic rings. The number of aromatic nitrogens is 2. The molecule has 0 spiro atoms. The van der Waals surface area contributed by atoms with Crippen LogP contribution in [0.25, 0.3) is 0 Å². The molecule has 1 saturated carbocycles. The lowest BCUT2D eigenvalue weighted by molar-refractivity contribution is -0.165. The lowest BCUT2D eigenvalue weighted by Gasteiger charge is -2.43. The molecule has 3 rings (SSSR count). The van der Waals surface area contributed by atoms with Gasteiger partial charge in [0, 0.05) is 37.9 Å². The van der Waals surface area contributed by atoms with Gasteiger partial charge in [-0.25, -0.2) is 0 Å². The number of carbonyl (C=O) groups is 1. The van der Waals surface area contributed by atoms with E-state index in [-0.39, 0.29) is 0 Å². The highest BCUT2D eigenvalue weighted by atomic mass is 16.4. The normalized spacial score (nSPS) is 29.6. The standard InChI is InChI=1S/C16H25N3O3/c1-2-19-10-13(8-17-19)9-18-6-5-14(20)16(11-18,15(21)22)7-12-3-4-12/h8,10,12,14,20H,2-7,9,11H2,1H3,(H,21,22)/t14-,16-/m1/s1. The van der Waals surface area contributed by atoms with Gasteiger partial charge in [-0.1, -0.05) is 12.8 Å². The number of aliphatic carboxylic acids is 1. The molecule has 1 aromatic heterocycles. The van der Waals surface area contributed by atoms with Crippen molar-refractivity contribution in [2.24, 2.45) is 11.3 Å². The molecule has 2 atom stereocenters. The molecule has 0 unspecified atom stereocenters. The van der Waals surface area contributed by atoms with E-state index >= 15 is 0 Å². The van der Waals surface area contributed by atoms with Gasteiger partial charge >= 0.3 is 5.97 Å². The van der Waals surface area contributed by atoms with Gasteiger partial charge in [0.2, 0.25) is 0 Å². The quantitative estimate of drug-likeness (QED) is 0.829. The minimum atomic E-state index is -1.000. The molecular formula is C16H25N3O3. The van der Waals surface area contributed by atoms with Crippen molar-refractivity contribution >= 4 is 5.97 Å². The molecule has 1 aliphatic heterocycles. The number of rotatable bonds is 6. The minimum absolute atomic E-state index is 0.428. The summed E-state index contributed by atoms with van der Waals surface area (Å²) in [6.07, 6.45) is 6.46. The third-order valence-corrected chi connectivity index (χ3v) is 5.06. The first-order valence-corrected chi connectivity index (χ1v) is 8.18. The number of aryl methyl sites for hydroxylation is 1. The number of carboxylic acid groups (broad SMARTS) is 1. The number of nitrogens with zero attached hydrogens (tertiary/aromatic N) is 3. The molecule has 22 heavy (non-hydrogen) atoms. The van der Waals surface area contributed by atoms with Crippen LogP contribution in [0.3, 0.4) is 0 Å². The predicted octanol–water partition coefficient (Wildman–Crippen LogP) is 1.34. The van der Waals surface area contributed by atoms with Gasteiger partial charge in [0.1, 0.15) is 5.41 Å². The van der Waals surface area contributed by atoms with Gasteiger partial charge in [0.25, 0.3) is 0 Å². The number of aliphatic hydroxyl groups excluding tert-OH is 1. The molecule has 0 radical (unpaired) electrons. The van der Waals surface area contributed by atoms with E-state index in [2.05, 4.69) is 10.00 Å². The molecular weight excluding hydrogens is 282 g/mol. The highest BCUT2D eigenvalue weighted by molar-refractivity contribution is 5.76. The molecule has 2 heterocycles. The van der Waals surface area contributed by atoms with Crippen LogP contribution in [0.5, 0.6) is 0 Å². The van der Waals surface area contributed by atoms with Crippen LogP contribution in [0.1, 0.15) is 38.2 Å². The fourth-order valence-electron chi connectivity index (χ4n) is 3.55. The van der Waals surface area contributed by atoms with Crippen molar-refractivity contribution in [2.75, 3.05) is 13.1 Å². The van der Waals surface area contributed by atoms with Gasteiger partial charge in [-0.05, 0) is 25.7 Å². The molecule has 2 fully saturated rings. The molecule has 122 valence electrons. The van der Waals surface area contributed by atoms with Crippen molar-refractivity contribution in [2.45, 2.75) is 51.8 Å². The second-order valence-electron chi connectivity index (χ2n) is 6.83. The largest absolute Gasteiger partial charge is 0.481 e. The first-order valence-electron chi connectivity index (χ1n) is 8.18. The Hall–Kier alpha value is -1.40. The molecule has 6 nitrogen and oxygen atoms in total. The average molecular weight is 307 g/mol. The van der Waals surface area contributed by atoms with Gasteiger partial charge in [-0.2, -0.15) is 5.10 Å². The van der Waals surface area contributed by atoms with Gasteiger partial charge in [-0.15, -0.1) is 0 Å². The Morgan fingerprint density at radius 1 is 1.45 bits per heavy atom. The van der Waals surface area contributed by atoms with Crippen LogP contribution < -0.4 is 0 Å². The lowest BCUT2D eigenvalue weighted by atomic mass is 9.73. The van der Waals surface area contributed by atoms with Crippen LogP contribution in [0, 0.1) is 11.3 Å². The summed E-state index contributed by atoms with van der Waals surface area (Å²) in [5.74, 6) is -0.366. The summed E-state index contributed by atoms with van der Waals surface area (Å²) in [5.41, 5.74) is 0.101. The third-order valence-electron chi connectivity index (χ3n) is 5.06. The summed E-state index contributed by atoms with van der Waals surface area (Å²) in [6.45, 7) is 4.74. The Morgan fingerprint density at radius 3 is 2.82 bits per heavy atom. The predicted molar refractivity (Wildman–Crippen MR) is 81.2 cm³/mol. The number of aliphatic hydroxyl groups is 1. The van der Waals surface area contributed by atoms with Crippen LogP contribution in [0.4, 0.5) is 0 Å². The number of carboxylic acids is 1. The molecule has 0 amide bonds. The van der Waals surface area contributed by atoms with E-state index < -0.39 is 17.5 Å². The maximum atomic E-state index is 11.9. The second-order valence-corrected chi connectivity index (χ2v) is 6.83. The Bertz CT molecular complexity index is 540. The molecule has 0 bridgehead atoms. The van der Waals surface area contributed by atoms with E-state index in [0.29, 0.717) is 31.8 Å². The summed E-state index contributed by atoms with van der Waals surface area (Å²) in [7, 11) is 0. The Morgan fingerprint density at radius 2 is 2.23 bits per heavy atom. The molecule has 1 aromatic rings. The summed E-state index contributed by atoms with van der Waals surface area (Å²) >= 11 is 0. The number of hydrogen-bond acceptors (Lipinski definition) is 4. The molecule has 6 heteroatoms. The van der Waals surface area contributed by atoms with Crippen LogP contribution in [-0.2, 0) is 17.9 Å². The van der Waals surface area contributed by atoms with Crippen molar-refractivity contribution in [1.29, 1.82) is 0 Å². The average Bonchev–Trinajstić information content (AvgIpc) is 3.18. The summed E-state index contributed by atoms with van der Waals surface area (Å²) < 4.78 is 1.88. The zero-order valence-electron chi connectivity index (χ0n) is 13.1. The first kappa shape index (κ1) is 15.5. The molecule has 1 saturated heterocycles. The smallest absolute Gasteiger partial charge is 0.313 e. The molecule has 1 aliphatic carbocycles. The summed E-state index contributed by atoms with van der Waals surface area (Å²) in [5, 5.41) is 24.4. The monoisotopic (exact) mass is 307 g/mol. The summed E-state index contributed by atoms with van der Waals surface area (Å²) in [4.78, 5) is 14.0. The highest BCUT2D eigenvalue weighted by Gasteiger charge is 2.51. The van der Waals surface area contributed by atoms with E-state index in [0.717, 1.165) is 31.5 Å². The van der Waals surface area contributed by atoms with Crippen LogP contribution in [0.15, 0.2) is 12.4 Å². The fraction of sp³-hybridized carbons (Fsp3) is 0.750. The van der Waals surface area contributed by atoms with E-state index in [4.69, 9.17) is 0 Å². The Balaban J connectivity index is 1.72. The van der Waals surface area contributed by atoms with Gasteiger partial charge in [0.15, 0.2) is 0 Å². The van der Waals surface area contributed by atoms with Crippen molar-refractivity contribution in [3.63, 3.8) is 0 Å². The fourth-order valence-corrected chi connectivity index (χ4v) is 3.55. The van der Waals surface area contributed by atoms with E-state index in [1.807, 2.05) is 24.0 Å². The van der Waals surface area contributed by atoms with Crippen LogP contribution in [0.2, 0.25) is 0 Å². The van der Waals surface area contributed by atoms with Gasteiger partial charge < -0.3 is 10.2 Å². The third kappa shape index (κ3) is 3.03. The van der Waals surface area contributed by atoms with E-state index in [9.17, 15) is 15.0 Å². The van der Waals surface area contributed by atoms with Crippen molar-refractivity contribution in [3.8, 4) is 0 Å². The van der Waals surface area contributed by atoms with Crippen molar-refractivity contribution in [1.82, 2.24) is 14.7 Å². The summed E-state index contributed by atoms with van der Waals surface area (Å²) in [6, 6.07) is 0. The topological polar surface area (TPSA) is 78.6 Å². The minimum Gasteiger partial charge on any atom is -0.481 e. The maximum absolute atomic E-state index is 11.9. The number of hydrogen-bond donors (Lipinski definition) is 2. The number of piperidine rings is 1. The Labute approximate surface area is 130 Å². The second kappa shape index (κ2) is 6.01. The van der Waals surface area contributed by atoms with Crippen LogP contribution >= 0.6 is 0 Å². The van der Waals surface area contributed by atoms with Gasteiger partial charge in [0.05, 0.1) is 12.3 Å².